The first-order valence-corrected chi connectivity index (χ1v) is 8.60. The lowest BCUT2D eigenvalue weighted by molar-refractivity contribution is 0.102. The molecule has 138 valence electrons. The highest BCUT2D eigenvalue weighted by atomic mass is 16.5. The molecule has 27 heavy (non-hydrogen) atoms. The topological polar surface area (TPSA) is 76.1 Å². The van der Waals surface area contributed by atoms with Crippen LogP contribution in [0.2, 0.25) is 0 Å². The zero-order valence-corrected chi connectivity index (χ0v) is 15.8. The Morgan fingerprint density at radius 3 is 2.48 bits per heavy atom. The normalized spacial score (nSPS) is 10.4. The van der Waals surface area contributed by atoms with Crippen molar-refractivity contribution in [1.29, 1.82) is 0 Å². The third kappa shape index (κ3) is 4.41. The predicted molar refractivity (Wildman–Crippen MR) is 107 cm³/mol. The molecule has 0 fully saturated rings. The second-order valence-electron chi connectivity index (χ2n) is 6.32. The van der Waals surface area contributed by atoms with Crippen molar-refractivity contribution in [2.75, 3.05) is 17.7 Å². The number of rotatable bonds is 5. The molecule has 1 aromatic heterocycles. The number of anilines is 3. The summed E-state index contributed by atoms with van der Waals surface area (Å²) in [5, 5.41) is 6.04. The molecule has 0 saturated heterocycles. The summed E-state index contributed by atoms with van der Waals surface area (Å²) in [6, 6.07) is 15.0. The highest BCUT2D eigenvalue weighted by Gasteiger charge is 2.13. The number of nitrogens with zero attached hydrogens (tertiary/aromatic N) is 2. The number of para-hydroxylation sites is 1. The summed E-state index contributed by atoms with van der Waals surface area (Å²) in [6.45, 7) is 5.76. The lowest BCUT2D eigenvalue weighted by Gasteiger charge is -2.12. The molecule has 6 heteroatoms. The highest BCUT2D eigenvalue weighted by molar-refractivity contribution is 6.03. The van der Waals surface area contributed by atoms with Crippen LogP contribution < -0.4 is 15.4 Å². The molecular formula is C21H22N4O2. The Hall–Kier alpha value is -3.41. The molecule has 2 aromatic carbocycles. The number of amides is 1. The fourth-order valence-corrected chi connectivity index (χ4v) is 2.68. The number of nitrogens with one attached hydrogen (secondary N) is 2. The molecule has 0 spiro atoms. The van der Waals surface area contributed by atoms with Gasteiger partial charge in [0.1, 0.15) is 11.4 Å². The van der Waals surface area contributed by atoms with Crippen LogP contribution in [-0.2, 0) is 0 Å². The van der Waals surface area contributed by atoms with Gasteiger partial charge in [-0.25, -0.2) is 9.97 Å². The molecular weight excluding hydrogens is 340 g/mol. The van der Waals surface area contributed by atoms with Crippen LogP contribution in [0, 0.1) is 20.8 Å². The van der Waals surface area contributed by atoms with E-state index in [1.807, 2.05) is 63.2 Å². The molecule has 0 bridgehead atoms. The van der Waals surface area contributed by atoms with Crippen molar-refractivity contribution in [3.05, 3.63) is 71.0 Å². The van der Waals surface area contributed by atoms with Crippen LogP contribution >= 0.6 is 0 Å². The Labute approximate surface area is 158 Å². The summed E-state index contributed by atoms with van der Waals surface area (Å²) in [6.07, 6.45) is 0. The van der Waals surface area contributed by atoms with Gasteiger partial charge < -0.3 is 15.4 Å². The summed E-state index contributed by atoms with van der Waals surface area (Å²) in [5.41, 5.74) is 4.54. The standard InChI is InChI=1S/C21H22N4O2/c1-13-9-10-19(27-4)17(11-13)24-21-22-15(3)12-18(25-21)20(26)23-16-8-6-5-7-14(16)2/h5-12H,1-4H3,(H,23,26)(H,22,24,25). The minimum atomic E-state index is -0.283. The molecule has 0 unspecified atom stereocenters. The highest BCUT2D eigenvalue weighted by Crippen LogP contribution is 2.27. The van der Waals surface area contributed by atoms with Crippen LogP contribution in [0.1, 0.15) is 27.3 Å². The largest absolute Gasteiger partial charge is 0.495 e. The second-order valence-corrected chi connectivity index (χ2v) is 6.32. The van der Waals surface area contributed by atoms with E-state index < -0.39 is 0 Å². The van der Waals surface area contributed by atoms with Gasteiger partial charge in [0.2, 0.25) is 5.95 Å². The van der Waals surface area contributed by atoms with Gasteiger partial charge in [0.25, 0.3) is 5.91 Å². The van der Waals surface area contributed by atoms with Crippen LogP contribution in [0.25, 0.3) is 0 Å². The Morgan fingerprint density at radius 2 is 1.74 bits per heavy atom. The van der Waals surface area contributed by atoms with E-state index in [4.69, 9.17) is 4.74 Å². The first-order chi connectivity index (χ1) is 13.0. The molecule has 0 radical (unpaired) electrons. The van der Waals surface area contributed by atoms with Crippen molar-refractivity contribution >= 4 is 23.2 Å². The Bertz CT molecular complexity index is 986. The third-order valence-corrected chi connectivity index (χ3v) is 4.08. The second kappa shape index (κ2) is 7.86. The third-order valence-electron chi connectivity index (χ3n) is 4.08. The number of aryl methyl sites for hydroxylation is 3. The fourth-order valence-electron chi connectivity index (χ4n) is 2.68. The van der Waals surface area contributed by atoms with E-state index in [9.17, 15) is 4.79 Å². The summed E-state index contributed by atoms with van der Waals surface area (Å²) in [5.74, 6) is 0.736. The molecule has 1 amide bonds. The van der Waals surface area contributed by atoms with E-state index >= 15 is 0 Å². The van der Waals surface area contributed by atoms with Crippen molar-refractivity contribution in [2.24, 2.45) is 0 Å². The van der Waals surface area contributed by atoms with Crippen LogP contribution in [-0.4, -0.2) is 23.0 Å². The summed E-state index contributed by atoms with van der Waals surface area (Å²) < 4.78 is 5.38. The van der Waals surface area contributed by atoms with Gasteiger partial charge in [0.05, 0.1) is 12.8 Å². The number of methoxy groups -OCH3 is 1. The van der Waals surface area contributed by atoms with E-state index in [0.29, 0.717) is 23.1 Å². The smallest absolute Gasteiger partial charge is 0.274 e. The average molecular weight is 362 g/mol. The molecule has 1 heterocycles. The van der Waals surface area contributed by atoms with Crippen LogP contribution in [0.4, 0.5) is 17.3 Å². The van der Waals surface area contributed by atoms with Crippen molar-refractivity contribution in [2.45, 2.75) is 20.8 Å². The predicted octanol–water partition coefficient (Wildman–Crippen LogP) is 4.41. The zero-order valence-electron chi connectivity index (χ0n) is 15.8. The summed E-state index contributed by atoms with van der Waals surface area (Å²) in [7, 11) is 1.61. The van der Waals surface area contributed by atoms with Crippen molar-refractivity contribution in [3.8, 4) is 5.75 Å². The van der Waals surface area contributed by atoms with Gasteiger partial charge in [0, 0.05) is 11.4 Å². The Balaban J connectivity index is 1.87. The SMILES string of the molecule is COc1ccc(C)cc1Nc1nc(C)cc(C(=O)Nc2ccccc2C)n1. The summed E-state index contributed by atoms with van der Waals surface area (Å²) >= 11 is 0. The van der Waals surface area contributed by atoms with Gasteiger partial charge in [-0.2, -0.15) is 0 Å². The summed E-state index contributed by atoms with van der Waals surface area (Å²) in [4.78, 5) is 21.4. The molecule has 0 aliphatic carbocycles. The van der Waals surface area contributed by atoms with E-state index in [-0.39, 0.29) is 5.91 Å². The van der Waals surface area contributed by atoms with Gasteiger partial charge >= 0.3 is 0 Å². The molecule has 0 atom stereocenters. The van der Waals surface area contributed by atoms with Gasteiger partial charge in [-0.1, -0.05) is 24.3 Å². The van der Waals surface area contributed by atoms with Gasteiger partial charge in [-0.15, -0.1) is 0 Å². The number of hydrogen-bond acceptors (Lipinski definition) is 5. The molecule has 0 aliphatic rings. The molecule has 0 saturated carbocycles. The monoisotopic (exact) mass is 362 g/mol. The molecule has 3 rings (SSSR count). The molecule has 0 aliphatic heterocycles. The quantitative estimate of drug-likeness (QED) is 0.703. The first-order valence-electron chi connectivity index (χ1n) is 8.60. The maximum absolute atomic E-state index is 12.6. The number of hydrogen-bond donors (Lipinski definition) is 2. The van der Waals surface area contributed by atoms with Gasteiger partial charge in [-0.05, 0) is 56.2 Å². The zero-order chi connectivity index (χ0) is 19.4. The van der Waals surface area contributed by atoms with Gasteiger partial charge in [0.15, 0.2) is 0 Å². The van der Waals surface area contributed by atoms with E-state index in [1.165, 1.54) is 0 Å². The Kier molecular flexibility index (Phi) is 5.35. The van der Waals surface area contributed by atoms with Gasteiger partial charge in [-0.3, -0.25) is 4.79 Å². The number of ether oxygens (including phenoxy) is 1. The fraction of sp³-hybridized carbons (Fsp3) is 0.190. The van der Waals surface area contributed by atoms with Crippen LogP contribution in [0.3, 0.4) is 0 Å². The van der Waals surface area contributed by atoms with E-state index in [2.05, 4.69) is 20.6 Å². The molecule has 3 aromatic rings. The number of carbonyl (C=O) groups is 1. The Morgan fingerprint density at radius 1 is 0.963 bits per heavy atom. The van der Waals surface area contributed by atoms with Crippen molar-refractivity contribution in [1.82, 2.24) is 9.97 Å². The maximum Gasteiger partial charge on any atom is 0.274 e. The lowest BCUT2D eigenvalue weighted by Crippen LogP contribution is -2.16. The number of benzene rings is 2. The average Bonchev–Trinajstić information content (AvgIpc) is 2.63. The number of aromatic nitrogens is 2. The minimum absolute atomic E-state index is 0.283. The maximum atomic E-state index is 12.6. The number of carbonyl (C=O) groups excluding carboxylic acids is 1. The first kappa shape index (κ1) is 18.4. The van der Waals surface area contributed by atoms with E-state index in [1.54, 1.807) is 13.2 Å². The lowest BCUT2D eigenvalue weighted by atomic mass is 10.2. The molecule has 6 nitrogen and oxygen atoms in total. The minimum Gasteiger partial charge on any atom is -0.495 e. The van der Waals surface area contributed by atoms with Crippen molar-refractivity contribution in [3.63, 3.8) is 0 Å². The van der Waals surface area contributed by atoms with Crippen LogP contribution in [0.15, 0.2) is 48.5 Å². The molecule has 2 N–H and O–H groups in total. The van der Waals surface area contributed by atoms with Crippen LogP contribution in [0.5, 0.6) is 5.75 Å². The van der Waals surface area contributed by atoms with E-state index in [0.717, 1.165) is 22.5 Å². The van der Waals surface area contributed by atoms with Crippen molar-refractivity contribution < 1.29 is 9.53 Å².